The maximum atomic E-state index is 13.6. The number of aromatic hydroxyl groups is 1. The Hall–Kier alpha value is -5.11. The molecule has 4 aromatic carbocycles. The molecule has 41 heavy (non-hydrogen) atoms. The summed E-state index contributed by atoms with van der Waals surface area (Å²) in [6.45, 7) is 0.0841. The Bertz CT molecular complexity index is 1400. The van der Waals surface area contributed by atoms with E-state index in [9.17, 15) is 19.5 Å². The maximum Gasteiger partial charge on any atom is 0.408 e. The Labute approximate surface area is 238 Å². The average Bonchev–Trinajstić information content (AvgIpc) is 3.00. The standard InChI is InChI=1S/C33H32N2O6/c36-28-18-16-25(17-19-28)21-30(32(38)40-22-26-12-6-2-7-13-26)34-31(37)29(20-24-10-4-1-5-11-24)35-33(39)41-23-27-14-8-3-9-15-27/h1-19,29-30,36H,20-23H2,(H,34,37)(H,35,39)/t29-,30+/m0/s1. The minimum absolute atomic E-state index is 0.0408. The number of rotatable bonds is 12. The summed E-state index contributed by atoms with van der Waals surface area (Å²) in [7, 11) is 0. The number of carbonyl (C=O) groups excluding carboxylic acids is 3. The van der Waals surface area contributed by atoms with E-state index in [0.29, 0.717) is 5.56 Å². The van der Waals surface area contributed by atoms with E-state index in [-0.39, 0.29) is 31.8 Å². The van der Waals surface area contributed by atoms with Crippen LogP contribution in [0.3, 0.4) is 0 Å². The minimum Gasteiger partial charge on any atom is -0.508 e. The van der Waals surface area contributed by atoms with Gasteiger partial charge in [-0.1, -0.05) is 103 Å². The summed E-state index contributed by atoms with van der Waals surface area (Å²) in [4.78, 5) is 39.4. The summed E-state index contributed by atoms with van der Waals surface area (Å²) < 4.78 is 10.9. The van der Waals surface area contributed by atoms with Crippen molar-refractivity contribution >= 4 is 18.0 Å². The molecule has 0 saturated heterocycles. The zero-order chi connectivity index (χ0) is 28.9. The van der Waals surface area contributed by atoms with E-state index in [1.807, 2.05) is 91.0 Å². The fourth-order valence-corrected chi connectivity index (χ4v) is 4.13. The van der Waals surface area contributed by atoms with Crippen molar-refractivity contribution in [2.24, 2.45) is 0 Å². The van der Waals surface area contributed by atoms with Crippen LogP contribution in [0.1, 0.15) is 22.3 Å². The summed E-state index contributed by atoms with van der Waals surface area (Å²) in [6.07, 6.45) is -0.458. The molecule has 4 aromatic rings. The van der Waals surface area contributed by atoms with E-state index >= 15 is 0 Å². The number of hydrogen-bond donors (Lipinski definition) is 3. The lowest BCUT2D eigenvalue weighted by molar-refractivity contribution is -0.149. The Morgan fingerprint density at radius 1 is 0.561 bits per heavy atom. The number of alkyl carbamates (subject to hydrolysis) is 1. The summed E-state index contributed by atoms with van der Waals surface area (Å²) in [5.41, 5.74) is 3.14. The van der Waals surface area contributed by atoms with Gasteiger partial charge in [-0.25, -0.2) is 9.59 Å². The number of ether oxygens (including phenoxy) is 2. The third-order valence-corrected chi connectivity index (χ3v) is 6.31. The zero-order valence-electron chi connectivity index (χ0n) is 22.4. The lowest BCUT2D eigenvalue weighted by Gasteiger charge is -2.23. The normalized spacial score (nSPS) is 12.0. The minimum atomic E-state index is -1.05. The van der Waals surface area contributed by atoms with Crippen LogP contribution in [0.5, 0.6) is 5.75 Å². The molecular weight excluding hydrogens is 520 g/mol. The molecule has 0 saturated carbocycles. The average molecular weight is 553 g/mol. The van der Waals surface area contributed by atoms with Crippen LogP contribution in [0.15, 0.2) is 115 Å². The smallest absolute Gasteiger partial charge is 0.408 e. The molecule has 210 valence electrons. The fraction of sp³-hybridized carbons (Fsp3) is 0.182. The Morgan fingerprint density at radius 2 is 1.02 bits per heavy atom. The molecule has 2 amide bonds. The summed E-state index contributed by atoms with van der Waals surface area (Å²) in [6, 6.07) is 31.9. The van der Waals surface area contributed by atoms with Gasteiger partial charge >= 0.3 is 12.1 Å². The highest BCUT2D eigenvalue weighted by Crippen LogP contribution is 2.13. The van der Waals surface area contributed by atoms with Crippen molar-refractivity contribution in [1.82, 2.24) is 10.6 Å². The first-order chi connectivity index (χ1) is 20.0. The Kier molecular flexibility index (Phi) is 10.5. The van der Waals surface area contributed by atoms with Gasteiger partial charge in [0.15, 0.2) is 0 Å². The molecule has 0 fully saturated rings. The van der Waals surface area contributed by atoms with Gasteiger partial charge in [0.2, 0.25) is 5.91 Å². The molecule has 0 spiro atoms. The number of esters is 1. The van der Waals surface area contributed by atoms with Crippen LogP contribution in [0.25, 0.3) is 0 Å². The summed E-state index contributed by atoms with van der Waals surface area (Å²) in [5, 5.41) is 15.1. The van der Waals surface area contributed by atoms with Gasteiger partial charge in [-0.3, -0.25) is 4.79 Å². The molecule has 0 bridgehead atoms. The third-order valence-electron chi connectivity index (χ3n) is 6.31. The van der Waals surface area contributed by atoms with Crippen LogP contribution in [-0.2, 0) is 45.1 Å². The van der Waals surface area contributed by atoms with Crippen molar-refractivity contribution in [1.29, 1.82) is 0 Å². The molecule has 0 unspecified atom stereocenters. The SMILES string of the molecule is O=C(N[C@@H](Cc1ccccc1)C(=O)N[C@H](Cc1ccc(O)cc1)C(=O)OCc1ccccc1)OCc1ccccc1. The van der Waals surface area contributed by atoms with Gasteiger partial charge in [-0.2, -0.15) is 0 Å². The molecular formula is C33H32N2O6. The zero-order valence-corrected chi connectivity index (χ0v) is 22.4. The lowest BCUT2D eigenvalue weighted by atomic mass is 10.0. The summed E-state index contributed by atoms with van der Waals surface area (Å²) in [5.74, 6) is -1.10. The van der Waals surface area contributed by atoms with Crippen LogP contribution in [0.4, 0.5) is 4.79 Å². The molecule has 0 aliphatic rings. The molecule has 0 heterocycles. The highest BCUT2D eigenvalue weighted by Gasteiger charge is 2.29. The molecule has 8 heteroatoms. The number of nitrogens with one attached hydrogen (secondary N) is 2. The van der Waals surface area contributed by atoms with Crippen LogP contribution in [0.2, 0.25) is 0 Å². The molecule has 4 rings (SSSR count). The van der Waals surface area contributed by atoms with Crippen molar-refractivity contribution < 1.29 is 29.0 Å². The maximum absolute atomic E-state index is 13.6. The predicted molar refractivity (Wildman–Crippen MR) is 154 cm³/mol. The van der Waals surface area contributed by atoms with Crippen LogP contribution in [0, 0.1) is 0 Å². The fourth-order valence-electron chi connectivity index (χ4n) is 4.13. The molecule has 2 atom stereocenters. The van der Waals surface area contributed by atoms with E-state index in [4.69, 9.17) is 9.47 Å². The summed E-state index contributed by atoms with van der Waals surface area (Å²) >= 11 is 0. The second-order valence-electron chi connectivity index (χ2n) is 9.47. The van der Waals surface area contributed by atoms with Gasteiger partial charge in [-0.05, 0) is 34.4 Å². The second kappa shape index (κ2) is 14.9. The van der Waals surface area contributed by atoms with Crippen LogP contribution in [-0.4, -0.2) is 35.2 Å². The Balaban J connectivity index is 1.48. The van der Waals surface area contributed by atoms with Gasteiger partial charge in [0.05, 0.1) is 0 Å². The van der Waals surface area contributed by atoms with Crippen molar-refractivity contribution in [3.8, 4) is 5.75 Å². The van der Waals surface area contributed by atoms with E-state index in [2.05, 4.69) is 10.6 Å². The van der Waals surface area contributed by atoms with Gasteiger partial charge in [-0.15, -0.1) is 0 Å². The first-order valence-electron chi connectivity index (χ1n) is 13.3. The highest BCUT2D eigenvalue weighted by atomic mass is 16.5. The molecule has 8 nitrogen and oxygen atoms in total. The monoisotopic (exact) mass is 552 g/mol. The van der Waals surface area contributed by atoms with E-state index in [1.165, 1.54) is 12.1 Å². The van der Waals surface area contributed by atoms with E-state index in [0.717, 1.165) is 16.7 Å². The lowest BCUT2D eigenvalue weighted by Crippen LogP contribution is -2.53. The largest absolute Gasteiger partial charge is 0.508 e. The molecule has 0 aliphatic heterocycles. The highest BCUT2D eigenvalue weighted by molar-refractivity contribution is 5.90. The van der Waals surface area contributed by atoms with Crippen molar-refractivity contribution in [3.63, 3.8) is 0 Å². The number of phenolic OH excluding ortho intramolecular Hbond substituents is 1. The van der Waals surface area contributed by atoms with Crippen LogP contribution >= 0.6 is 0 Å². The van der Waals surface area contributed by atoms with Gasteiger partial charge in [0, 0.05) is 12.8 Å². The molecule has 0 aliphatic carbocycles. The first-order valence-corrected chi connectivity index (χ1v) is 13.3. The molecule has 0 radical (unpaired) electrons. The third kappa shape index (κ3) is 9.54. The van der Waals surface area contributed by atoms with Gasteiger partial charge in [0.25, 0.3) is 0 Å². The number of carbonyl (C=O) groups is 3. The van der Waals surface area contributed by atoms with Crippen molar-refractivity contribution in [2.75, 3.05) is 0 Å². The van der Waals surface area contributed by atoms with Crippen LogP contribution < -0.4 is 10.6 Å². The number of hydrogen-bond acceptors (Lipinski definition) is 6. The number of amides is 2. The Morgan fingerprint density at radius 3 is 1.59 bits per heavy atom. The quantitative estimate of drug-likeness (QED) is 0.220. The topological polar surface area (TPSA) is 114 Å². The molecule has 0 aromatic heterocycles. The van der Waals surface area contributed by atoms with E-state index < -0.39 is 30.1 Å². The van der Waals surface area contributed by atoms with Gasteiger partial charge in [0.1, 0.15) is 31.0 Å². The van der Waals surface area contributed by atoms with Crippen molar-refractivity contribution in [2.45, 2.75) is 38.1 Å². The number of benzene rings is 4. The molecule has 3 N–H and O–H groups in total. The van der Waals surface area contributed by atoms with Gasteiger partial charge < -0.3 is 25.2 Å². The first kappa shape index (κ1) is 28.9. The second-order valence-corrected chi connectivity index (χ2v) is 9.47. The van der Waals surface area contributed by atoms with E-state index in [1.54, 1.807) is 12.1 Å². The predicted octanol–water partition coefficient (Wildman–Crippen LogP) is 4.70. The number of phenols is 1. The van der Waals surface area contributed by atoms with Crippen molar-refractivity contribution in [3.05, 3.63) is 138 Å².